The SMILES string of the molecule is C=CCCOCCNC(=O)C(S)C(C)C. The van der Waals surface area contributed by atoms with E-state index in [2.05, 4.69) is 24.5 Å². The van der Waals surface area contributed by atoms with Crippen molar-refractivity contribution in [2.75, 3.05) is 19.8 Å². The number of hydrogen-bond acceptors (Lipinski definition) is 3. The summed E-state index contributed by atoms with van der Waals surface area (Å²) in [7, 11) is 0. The van der Waals surface area contributed by atoms with Gasteiger partial charge in [0.05, 0.1) is 18.5 Å². The fraction of sp³-hybridized carbons (Fsp3) is 0.727. The summed E-state index contributed by atoms with van der Waals surface area (Å²) in [4.78, 5) is 11.4. The molecule has 0 rings (SSSR count). The Labute approximate surface area is 97.7 Å². The van der Waals surface area contributed by atoms with Crippen molar-refractivity contribution < 1.29 is 9.53 Å². The number of ether oxygens (including phenoxy) is 1. The van der Waals surface area contributed by atoms with Gasteiger partial charge in [-0.1, -0.05) is 19.9 Å². The third kappa shape index (κ3) is 7.45. The highest BCUT2D eigenvalue weighted by Gasteiger charge is 2.16. The monoisotopic (exact) mass is 231 g/mol. The van der Waals surface area contributed by atoms with Gasteiger partial charge < -0.3 is 10.1 Å². The maximum Gasteiger partial charge on any atom is 0.233 e. The lowest BCUT2D eigenvalue weighted by Gasteiger charge is -2.14. The summed E-state index contributed by atoms with van der Waals surface area (Å²) in [6.45, 7) is 9.27. The zero-order valence-corrected chi connectivity index (χ0v) is 10.4. The lowest BCUT2D eigenvalue weighted by atomic mass is 10.1. The van der Waals surface area contributed by atoms with Gasteiger partial charge in [0.2, 0.25) is 5.91 Å². The van der Waals surface area contributed by atoms with Gasteiger partial charge in [0.15, 0.2) is 0 Å². The molecule has 0 aliphatic heterocycles. The third-order valence-corrected chi connectivity index (χ3v) is 2.74. The summed E-state index contributed by atoms with van der Waals surface area (Å²) in [5, 5.41) is 2.54. The molecule has 4 heteroatoms. The third-order valence-electron chi connectivity index (χ3n) is 1.91. The Morgan fingerprint density at radius 2 is 2.20 bits per heavy atom. The van der Waals surface area contributed by atoms with E-state index < -0.39 is 0 Å². The fourth-order valence-electron chi connectivity index (χ4n) is 0.922. The number of nitrogens with one attached hydrogen (secondary N) is 1. The van der Waals surface area contributed by atoms with Crippen molar-refractivity contribution >= 4 is 18.5 Å². The molecule has 0 bridgehead atoms. The first-order chi connectivity index (χ1) is 7.09. The molecule has 1 unspecified atom stereocenters. The van der Waals surface area contributed by atoms with Crippen molar-refractivity contribution in [3.05, 3.63) is 12.7 Å². The van der Waals surface area contributed by atoms with Crippen LogP contribution in [0.2, 0.25) is 0 Å². The molecule has 0 aliphatic carbocycles. The van der Waals surface area contributed by atoms with Crippen LogP contribution in [0.1, 0.15) is 20.3 Å². The quantitative estimate of drug-likeness (QED) is 0.379. The molecule has 1 amide bonds. The lowest BCUT2D eigenvalue weighted by Crippen LogP contribution is -2.36. The molecule has 0 saturated carbocycles. The van der Waals surface area contributed by atoms with Gasteiger partial charge >= 0.3 is 0 Å². The number of hydrogen-bond donors (Lipinski definition) is 2. The van der Waals surface area contributed by atoms with E-state index in [4.69, 9.17) is 4.74 Å². The van der Waals surface area contributed by atoms with Crippen molar-refractivity contribution in [2.45, 2.75) is 25.5 Å². The molecular weight excluding hydrogens is 210 g/mol. The maximum atomic E-state index is 11.4. The Bertz CT molecular complexity index is 195. The number of rotatable bonds is 8. The molecule has 0 aromatic rings. The van der Waals surface area contributed by atoms with Crippen LogP contribution in [-0.2, 0) is 9.53 Å². The predicted molar refractivity (Wildman–Crippen MR) is 66.3 cm³/mol. The van der Waals surface area contributed by atoms with Crippen LogP contribution in [0.4, 0.5) is 0 Å². The Kier molecular flexibility index (Phi) is 8.52. The highest BCUT2D eigenvalue weighted by Crippen LogP contribution is 2.07. The van der Waals surface area contributed by atoms with Gasteiger partial charge in [0.1, 0.15) is 0 Å². The minimum atomic E-state index is -0.238. The first-order valence-corrected chi connectivity index (χ1v) is 5.75. The standard InChI is InChI=1S/C11H21NO2S/c1-4-5-7-14-8-6-12-11(13)10(15)9(2)3/h4,9-10,15H,1,5-8H2,2-3H3,(H,12,13). The number of carbonyl (C=O) groups excluding carboxylic acids is 1. The van der Waals surface area contributed by atoms with E-state index in [9.17, 15) is 4.79 Å². The fourth-order valence-corrected chi connectivity index (χ4v) is 1.01. The van der Waals surface area contributed by atoms with Crippen molar-refractivity contribution in [3.63, 3.8) is 0 Å². The van der Waals surface area contributed by atoms with E-state index in [1.165, 1.54) is 0 Å². The van der Waals surface area contributed by atoms with Crippen LogP contribution in [0.3, 0.4) is 0 Å². The smallest absolute Gasteiger partial charge is 0.233 e. The summed E-state index contributed by atoms with van der Waals surface area (Å²) < 4.78 is 5.25. The van der Waals surface area contributed by atoms with Gasteiger partial charge in [-0.2, -0.15) is 12.6 Å². The Balaban J connectivity index is 3.43. The van der Waals surface area contributed by atoms with Gasteiger partial charge in [-0.25, -0.2) is 0 Å². The van der Waals surface area contributed by atoms with Gasteiger partial charge in [-0.3, -0.25) is 4.79 Å². The summed E-state index contributed by atoms with van der Waals surface area (Å²) in [5.41, 5.74) is 0. The zero-order valence-electron chi connectivity index (χ0n) is 9.53. The molecule has 0 saturated heterocycles. The first kappa shape index (κ1) is 14.5. The minimum Gasteiger partial charge on any atom is -0.379 e. The molecule has 3 nitrogen and oxygen atoms in total. The maximum absolute atomic E-state index is 11.4. The van der Waals surface area contributed by atoms with Crippen LogP contribution in [0.5, 0.6) is 0 Å². The van der Waals surface area contributed by atoms with Gasteiger partial charge in [0, 0.05) is 6.54 Å². The van der Waals surface area contributed by atoms with Gasteiger partial charge in [-0.05, 0) is 12.3 Å². The normalized spacial score (nSPS) is 12.5. The topological polar surface area (TPSA) is 38.3 Å². The predicted octanol–water partition coefficient (Wildman–Crippen LogP) is 1.65. The van der Waals surface area contributed by atoms with Crippen LogP contribution in [0.25, 0.3) is 0 Å². The van der Waals surface area contributed by atoms with E-state index >= 15 is 0 Å². The first-order valence-electron chi connectivity index (χ1n) is 5.24. The molecular formula is C11H21NO2S. The summed E-state index contributed by atoms with van der Waals surface area (Å²) in [5.74, 6) is 0.218. The highest BCUT2D eigenvalue weighted by atomic mass is 32.1. The molecule has 0 radical (unpaired) electrons. The summed E-state index contributed by atoms with van der Waals surface area (Å²) in [6, 6.07) is 0. The van der Waals surface area contributed by atoms with E-state index in [0.717, 1.165) is 6.42 Å². The zero-order chi connectivity index (χ0) is 11.7. The van der Waals surface area contributed by atoms with Crippen LogP contribution in [0, 0.1) is 5.92 Å². The van der Waals surface area contributed by atoms with E-state index in [-0.39, 0.29) is 17.1 Å². The molecule has 0 heterocycles. The van der Waals surface area contributed by atoms with Crippen LogP contribution >= 0.6 is 12.6 Å². The second-order valence-corrected chi connectivity index (χ2v) is 4.23. The van der Waals surface area contributed by atoms with Crippen LogP contribution < -0.4 is 5.32 Å². The molecule has 1 atom stereocenters. The van der Waals surface area contributed by atoms with Crippen molar-refractivity contribution in [2.24, 2.45) is 5.92 Å². The largest absolute Gasteiger partial charge is 0.379 e. The second kappa shape index (κ2) is 8.80. The molecule has 0 spiro atoms. The van der Waals surface area contributed by atoms with E-state index in [1.807, 2.05) is 13.8 Å². The lowest BCUT2D eigenvalue weighted by molar-refractivity contribution is -0.121. The van der Waals surface area contributed by atoms with Crippen molar-refractivity contribution in [1.29, 1.82) is 0 Å². The molecule has 0 fully saturated rings. The highest BCUT2D eigenvalue weighted by molar-refractivity contribution is 7.81. The summed E-state index contributed by atoms with van der Waals surface area (Å²) >= 11 is 4.21. The number of amides is 1. The van der Waals surface area contributed by atoms with Gasteiger partial charge in [-0.15, -0.1) is 6.58 Å². The van der Waals surface area contributed by atoms with E-state index in [1.54, 1.807) is 6.08 Å². The van der Waals surface area contributed by atoms with Gasteiger partial charge in [0.25, 0.3) is 0 Å². The second-order valence-electron chi connectivity index (χ2n) is 3.67. The molecule has 0 aliphatic rings. The molecule has 15 heavy (non-hydrogen) atoms. The summed E-state index contributed by atoms with van der Waals surface area (Å²) in [6.07, 6.45) is 2.65. The Morgan fingerprint density at radius 1 is 1.53 bits per heavy atom. The molecule has 0 aromatic heterocycles. The molecule has 88 valence electrons. The van der Waals surface area contributed by atoms with Crippen molar-refractivity contribution in [3.8, 4) is 0 Å². The molecule has 1 N–H and O–H groups in total. The Morgan fingerprint density at radius 3 is 2.73 bits per heavy atom. The average Bonchev–Trinajstić information content (AvgIpc) is 2.21. The average molecular weight is 231 g/mol. The van der Waals surface area contributed by atoms with Crippen LogP contribution in [0.15, 0.2) is 12.7 Å². The molecule has 0 aromatic carbocycles. The Hall–Kier alpha value is -0.480. The number of thiol groups is 1. The minimum absolute atomic E-state index is 0.0272. The van der Waals surface area contributed by atoms with E-state index in [0.29, 0.717) is 19.8 Å². The van der Waals surface area contributed by atoms with Crippen LogP contribution in [-0.4, -0.2) is 30.9 Å². The number of carbonyl (C=O) groups is 1. The van der Waals surface area contributed by atoms with Crippen molar-refractivity contribution in [1.82, 2.24) is 5.32 Å².